The molecule has 0 aromatic carbocycles. The van der Waals surface area contributed by atoms with Crippen molar-refractivity contribution in [2.45, 2.75) is 81.4 Å². The SMILES string of the molecule is C=CCOC(=O)[C@@H]1[C@H]2C(=O)N(CCCCCO)C(C(=O)N(CC=C)C(C)CCC)C23S[C@@H]1CC3C. The molecule has 196 valence electrons. The lowest BCUT2D eigenvalue weighted by atomic mass is 9.66. The molecule has 0 aromatic heterocycles. The van der Waals surface area contributed by atoms with Crippen molar-refractivity contribution in [1.29, 1.82) is 0 Å². The molecule has 7 nitrogen and oxygen atoms in total. The van der Waals surface area contributed by atoms with E-state index in [0.717, 1.165) is 25.7 Å². The van der Waals surface area contributed by atoms with Gasteiger partial charge in [-0.15, -0.1) is 18.3 Å². The maximum atomic E-state index is 14.3. The van der Waals surface area contributed by atoms with Crippen molar-refractivity contribution in [3.05, 3.63) is 25.3 Å². The van der Waals surface area contributed by atoms with Gasteiger partial charge in [-0.25, -0.2) is 0 Å². The van der Waals surface area contributed by atoms with Crippen LogP contribution in [0.15, 0.2) is 25.3 Å². The van der Waals surface area contributed by atoms with E-state index in [1.54, 1.807) is 22.7 Å². The number of unbranched alkanes of at least 4 members (excludes halogenated alkanes) is 2. The average Bonchev–Trinajstić information content (AvgIpc) is 3.42. The number of thioether (sulfide) groups is 1. The molecule has 0 saturated carbocycles. The number of aliphatic hydroxyl groups excluding tert-OH is 1. The van der Waals surface area contributed by atoms with Crippen LogP contribution in [0.25, 0.3) is 0 Å². The third kappa shape index (κ3) is 4.93. The average molecular weight is 507 g/mol. The lowest BCUT2D eigenvalue weighted by Gasteiger charge is -2.41. The first kappa shape index (κ1) is 27.8. The zero-order valence-electron chi connectivity index (χ0n) is 21.5. The molecule has 0 aromatic rings. The molecule has 1 N–H and O–H groups in total. The predicted molar refractivity (Wildman–Crippen MR) is 139 cm³/mol. The number of nitrogens with zero attached hydrogens (tertiary/aromatic N) is 2. The van der Waals surface area contributed by atoms with E-state index in [4.69, 9.17) is 4.74 Å². The summed E-state index contributed by atoms with van der Waals surface area (Å²) in [5.41, 5.74) is 0. The Morgan fingerprint density at radius 1 is 1.31 bits per heavy atom. The summed E-state index contributed by atoms with van der Waals surface area (Å²) in [7, 11) is 0. The van der Waals surface area contributed by atoms with Gasteiger partial charge >= 0.3 is 5.97 Å². The summed E-state index contributed by atoms with van der Waals surface area (Å²) in [6, 6.07) is -0.588. The van der Waals surface area contributed by atoms with Gasteiger partial charge in [0.05, 0.1) is 16.6 Å². The standard InChI is InChI=1S/C27H42N2O5S/c1-6-12-19(5)28(13-7-2)25(32)23-27-18(4)17-20(35-27)21(26(33)34-16-8-3)22(27)24(31)29(23)14-10-9-11-15-30/h7-8,18-23,30H,2-3,6,9-17H2,1,4-5H3/t18?,19?,20-,21+,22+,23?,27?/m1/s1. The maximum Gasteiger partial charge on any atom is 0.311 e. The summed E-state index contributed by atoms with van der Waals surface area (Å²) in [6.45, 7) is 14.9. The molecule has 8 heteroatoms. The fraction of sp³-hybridized carbons (Fsp3) is 0.741. The van der Waals surface area contributed by atoms with Gasteiger partial charge < -0.3 is 19.6 Å². The van der Waals surface area contributed by atoms with Gasteiger partial charge in [0, 0.05) is 31.0 Å². The smallest absolute Gasteiger partial charge is 0.311 e. The highest BCUT2D eigenvalue weighted by molar-refractivity contribution is 8.02. The number of likely N-dealkylation sites (tertiary alicyclic amines) is 1. The fourth-order valence-corrected chi connectivity index (χ4v) is 8.88. The van der Waals surface area contributed by atoms with Crippen molar-refractivity contribution in [2.75, 3.05) is 26.3 Å². The molecular formula is C27H42N2O5S. The number of esters is 1. The van der Waals surface area contributed by atoms with Crippen molar-refractivity contribution in [3.63, 3.8) is 0 Å². The molecule has 3 aliphatic heterocycles. The number of rotatable bonds is 14. The zero-order chi connectivity index (χ0) is 25.8. The minimum absolute atomic E-state index is 0.0241. The van der Waals surface area contributed by atoms with Crippen LogP contribution in [-0.2, 0) is 19.1 Å². The van der Waals surface area contributed by atoms with E-state index in [1.165, 1.54) is 6.08 Å². The lowest BCUT2D eigenvalue weighted by Crippen LogP contribution is -2.58. The molecule has 2 bridgehead atoms. The van der Waals surface area contributed by atoms with E-state index in [0.29, 0.717) is 25.9 Å². The number of hydrogen-bond acceptors (Lipinski definition) is 6. The molecule has 3 fully saturated rings. The highest BCUT2D eigenvalue weighted by Crippen LogP contribution is 2.68. The minimum atomic E-state index is -0.640. The van der Waals surface area contributed by atoms with Crippen LogP contribution in [-0.4, -0.2) is 81.1 Å². The molecule has 4 unspecified atom stereocenters. The maximum absolute atomic E-state index is 14.3. The summed E-state index contributed by atoms with van der Waals surface area (Å²) in [5.74, 6) is -1.47. The summed E-state index contributed by atoms with van der Waals surface area (Å²) < 4.78 is 4.80. The molecule has 7 atom stereocenters. The Hall–Kier alpha value is -1.80. The largest absolute Gasteiger partial charge is 0.461 e. The zero-order valence-corrected chi connectivity index (χ0v) is 22.3. The molecule has 3 saturated heterocycles. The fourth-order valence-electron chi connectivity index (χ4n) is 6.47. The number of amides is 2. The highest BCUT2D eigenvalue weighted by Gasteiger charge is 2.76. The first-order valence-corrected chi connectivity index (χ1v) is 14.0. The number of hydrogen-bond donors (Lipinski definition) is 1. The van der Waals surface area contributed by atoms with Gasteiger partial charge in [0.15, 0.2) is 0 Å². The van der Waals surface area contributed by atoms with Gasteiger partial charge in [-0.05, 0) is 44.9 Å². The van der Waals surface area contributed by atoms with E-state index in [9.17, 15) is 19.5 Å². The van der Waals surface area contributed by atoms with E-state index in [2.05, 4.69) is 33.9 Å². The summed E-state index contributed by atoms with van der Waals surface area (Å²) in [4.78, 5) is 45.1. The molecule has 3 rings (SSSR count). The van der Waals surface area contributed by atoms with E-state index in [-0.39, 0.29) is 48.2 Å². The van der Waals surface area contributed by atoms with Crippen molar-refractivity contribution in [1.82, 2.24) is 9.80 Å². The molecule has 3 aliphatic rings. The van der Waals surface area contributed by atoms with Crippen molar-refractivity contribution >= 4 is 29.5 Å². The monoisotopic (exact) mass is 506 g/mol. The number of fused-ring (bicyclic) bond motifs is 1. The molecule has 2 amide bonds. The molecule has 0 aliphatic carbocycles. The van der Waals surface area contributed by atoms with Gasteiger partial charge in [0.1, 0.15) is 12.6 Å². The summed E-state index contributed by atoms with van der Waals surface area (Å²) in [5, 5.41) is 9.17. The van der Waals surface area contributed by atoms with Gasteiger partial charge in [-0.2, -0.15) is 0 Å². The second-order valence-corrected chi connectivity index (χ2v) is 11.8. The summed E-state index contributed by atoms with van der Waals surface area (Å²) >= 11 is 1.67. The Morgan fingerprint density at radius 2 is 2.06 bits per heavy atom. The second-order valence-electron chi connectivity index (χ2n) is 10.2. The van der Waals surface area contributed by atoms with Crippen LogP contribution in [0, 0.1) is 17.8 Å². The number of ether oxygens (including phenoxy) is 1. The van der Waals surface area contributed by atoms with Gasteiger partial charge in [0.25, 0.3) is 0 Å². The van der Waals surface area contributed by atoms with E-state index < -0.39 is 22.6 Å². The van der Waals surface area contributed by atoms with Crippen LogP contribution in [0.1, 0.15) is 59.3 Å². The van der Waals surface area contributed by atoms with Crippen molar-refractivity contribution in [2.24, 2.45) is 17.8 Å². The van der Waals surface area contributed by atoms with E-state index >= 15 is 0 Å². The van der Waals surface area contributed by atoms with Crippen LogP contribution < -0.4 is 0 Å². The number of carbonyl (C=O) groups is 3. The molecule has 35 heavy (non-hydrogen) atoms. The third-order valence-corrected chi connectivity index (χ3v) is 10.1. The number of aliphatic hydroxyl groups is 1. The molecule has 1 spiro atoms. The van der Waals surface area contributed by atoms with Crippen molar-refractivity contribution < 1.29 is 24.2 Å². The Morgan fingerprint density at radius 3 is 2.69 bits per heavy atom. The molecular weight excluding hydrogens is 464 g/mol. The Labute approximate surface area is 214 Å². The van der Waals surface area contributed by atoms with Crippen LogP contribution in [0.4, 0.5) is 0 Å². The summed E-state index contributed by atoms with van der Waals surface area (Å²) in [6.07, 6.45) is 8.04. The first-order chi connectivity index (χ1) is 16.8. The van der Waals surface area contributed by atoms with Crippen LogP contribution in [0.2, 0.25) is 0 Å². The topological polar surface area (TPSA) is 87.1 Å². The van der Waals surface area contributed by atoms with Crippen LogP contribution in [0.5, 0.6) is 0 Å². The van der Waals surface area contributed by atoms with Gasteiger partial charge in [-0.3, -0.25) is 14.4 Å². The van der Waals surface area contributed by atoms with Gasteiger partial charge in [0.2, 0.25) is 11.8 Å². The van der Waals surface area contributed by atoms with Crippen LogP contribution >= 0.6 is 11.8 Å². The van der Waals surface area contributed by atoms with Crippen LogP contribution in [0.3, 0.4) is 0 Å². The van der Waals surface area contributed by atoms with E-state index in [1.807, 2.05) is 4.90 Å². The molecule has 0 radical (unpaired) electrons. The number of carbonyl (C=O) groups excluding carboxylic acids is 3. The normalized spacial score (nSPS) is 31.8. The predicted octanol–water partition coefficient (Wildman–Crippen LogP) is 3.42. The Kier molecular flexibility index (Phi) is 9.49. The third-order valence-electron chi connectivity index (χ3n) is 8.00. The quantitative estimate of drug-likeness (QED) is 0.221. The first-order valence-electron chi connectivity index (χ1n) is 13.1. The Balaban J connectivity index is 2.01. The lowest BCUT2D eigenvalue weighted by molar-refractivity contribution is -0.153. The molecule has 3 heterocycles. The van der Waals surface area contributed by atoms with Crippen molar-refractivity contribution in [3.8, 4) is 0 Å². The second kappa shape index (κ2) is 12.0. The van der Waals surface area contributed by atoms with Gasteiger partial charge in [-0.1, -0.05) is 39.0 Å². The highest BCUT2D eigenvalue weighted by atomic mass is 32.2. The minimum Gasteiger partial charge on any atom is -0.461 e. The Bertz CT molecular complexity index is 819.